The summed E-state index contributed by atoms with van der Waals surface area (Å²) in [5, 5.41) is 0. The number of imidazole rings is 1. The molecule has 3 aromatic rings. The number of amides is 1. The second-order valence-corrected chi connectivity index (χ2v) is 10.6. The van der Waals surface area contributed by atoms with Crippen LogP contribution in [0.1, 0.15) is 59.7 Å². The molecule has 0 radical (unpaired) electrons. The fraction of sp³-hybridized carbons (Fsp3) is 0.481. The first-order valence-electron chi connectivity index (χ1n) is 12.6. The number of aryl methyl sites for hydroxylation is 1. The van der Waals surface area contributed by atoms with E-state index in [9.17, 15) is 13.6 Å². The maximum atomic E-state index is 15.0. The van der Waals surface area contributed by atoms with Crippen LogP contribution in [-0.4, -0.2) is 62.0 Å². The van der Waals surface area contributed by atoms with Crippen molar-refractivity contribution in [1.29, 1.82) is 0 Å². The lowest BCUT2D eigenvalue weighted by Gasteiger charge is -2.47. The summed E-state index contributed by atoms with van der Waals surface area (Å²) in [5.74, 6) is -1.50. The molecule has 0 spiro atoms. The number of ether oxygens (including phenoxy) is 1. The second kappa shape index (κ2) is 10.9. The molecule has 11 heteroatoms. The molecular formula is C27H37F2N7O2. The van der Waals surface area contributed by atoms with Gasteiger partial charge in [-0.25, -0.2) is 28.5 Å². The van der Waals surface area contributed by atoms with E-state index in [1.807, 2.05) is 53.4 Å². The Bertz CT molecular complexity index is 1350. The van der Waals surface area contributed by atoms with Gasteiger partial charge in [-0.15, -0.1) is 0 Å². The Morgan fingerprint density at radius 2 is 1.82 bits per heavy atom. The quantitative estimate of drug-likeness (QED) is 0.369. The number of nitrogens with zero attached hydrogens (tertiary/aromatic N) is 6. The fourth-order valence-electron chi connectivity index (χ4n) is 4.20. The molecule has 1 fully saturated rings. The third-order valence-corrected chi connectivity index (χ3v) is 5.84. The summed E-state index contributed by atoms with van der Waals surface area (Å²) in [6.45, 7) is 16.5. The first-order chi connectivity index (χ1) is 17.7. The molecule has 0 unspecified atom stereocenters. The van der Waals surface area contributed by atoms with Gasteiger partial charge >= 0.3 is 6.09 Å². The molecule has 0 saturated carbocycles. The molecule has 0 atom stereocenters. The number of anilines is 1. The van der Waals surface area contributed by atoms with Gasteiger partial charge in [0.2, 0.25) is 0 Å². The van der Waals surface area contributed by atoms with Gasteiger partial charge < -0.3 is 19.8 Å². The number of rotatable bonds is 3. The molecule has 9 nitrogen and oxygen atoms in total. The Morgan fingerprint density at radius 3 is 2.42 bits per heavy atom. The highest BCUT2D eigenvalue weighted by Crippen LogP contribution is 2.29. The number of amidine groups is 1. The SMILES string of the molecule is CC.Cc1cn2cc(/C(N)=N/c3ncc(N4CCN(C(=O)OC(C)(C)C)C(C)(C)C4)cc3F)cc(F)c2n1. The zero-order chi connectivity index (χ0) is 28.4. The monoisotopic (exact) mass is 529 g/mol. The summed E-state index contributed by atoms with van der Waals surface area (Å²) in [4.78, 5) is 28.6. The molecule has 1 aliphatic heterocycles. The van der Waals surface area contributed by atoms with Crippen molar-refractivity contribution in [3.05, 3.63) is 53.6 Å². The van der Waals surface area contributed by atoms with E-state index < -0.39 is 22.8 Å². The van der Waals surface area contributed by atoms with E-state index >= 15 is 0 Å². The summed E-state index contributed by atoms with van der Waals surface area (Å²) in [6.07, 6.45) is 4.37. The summed E-state index contributed by atoms with van der Waals surface area (Å²) in [6, 6.07) is 2.54. The second-order valence-electron chi connectivity index (χ2n) is 10.6. The number of nitrogens with two attached hydrogens (primary N) is 1. The van der Waals surface area contributed by atoms with Gasteiger partial charge in [-0.1, -0.05) is 13.8 Å². The molecular weight excluding hydrogens is 492 g/mol. The van der Waals surface area contributed by atoms with E-state index in [0.29, 0.717) is 31.0 Å². The molecule has 206 valence electrons. The van der Waals surface area contributed by atoms with Crippen molar-refractivity contribution in [1.82, 2.24) is 19.3 Å². The Labute approximate surface area is 222 Å². The van der Waals surface area contributed by atoms with Crippen LogP contribution in [0.15, 0.2) is 35.7 Å². The van der Waals surface area contributed by atoms with Crippen LogP contribution < -0.4 is 10.6 Å². The van der Waals surface area contributed by atoms with Gasteiger partial charge in [0.15, 0.2) is 23.1 Å². The maximum absolute atomic E-state index is 15.0. The molecule has 1 saturated heterocycles. The highest BCUT2D eigenvalue weighted by Gasteiger charge is 2.39. The summed E-state index contributed by atoms with van der Waals surface area (Å²) < 4.78 is 36.4. The van der Waals surface area contributed by atoms with Crippen LogP contribution in [-0.2, 0) is 4.74 Å². The van der Waals surface area contributed by atoms with Gasteiger partial charge in [-0.2, -0.15) is 0 Å². The van der Waals surface area contributed by atoms with Crippen LogP contribution >= 0.6 is 0 Å². The highest BCUT2D eigenvalue weighted by atomic mass is 19.1. The Kier molecular flexibility index (Phi) is 8.28. The van der Waals surface area contributed by atoms with E-state index in [0.717, 1.165) is 0 Å². The number of carbonyl (C=O) groups is 1. The standard InChI is InChI=1S/C25H31F2N7O2.C2H6/c1-15-12-33-13-16(9-19(27)22(33)30-15)20(28)31-21-18(26)10-17(11-29-21)32-7-8-34(25(5,6)14-32)23(35)36-24(2,3)4;1-2/h9-13H,7-8,14H2,1-6H3,(H2,28,29,31);1-2H3. The van der Waals surface area contributed by atoms with Crippen LogP contribution in [0, 0.1) is 18.6 Å². The van der Waals surface area contributed by atoms with Crippen molar-refractivity contribution in [2.45, 2.75) is 66.5 Å². The molecule has 4 heterocycles. The number of pyridine rings is 2. The number of aromatic nitrogens is 3. The topological polar surface area (TPSA) is 101 Å². The minimum atomic E-state index is -0.664. The van der Waals surface area contributed by atoms with Gasteiger partial charge in [-0.05, 0) is 47.6 Å². The van der Waals surface area contributed by atoms with E-state index in [1.54, 1.807) is 24.2 Å². The average molecular weight is 530 g/mol. The molecule has 0 bridgehead atoms. The van der Waals surface area contributed by atoms with Gasteiger partial charge in [0.05, 0.1) is 23.1 Å². The summed E-state index contributed by atoms with van der Waals surface area (Å²) >= 11 is 0. The first kappa shape index (κ1) is 28.8. The number of hydrogen-bond acceptors (Lipinski definition) is 6. The van der Waals surface area contributed by atoms with Crippen molar-refractivity contribution in [3.63, 3.8) is 0 Å². The van der Waals surface area contributed by atoms with Crippen LogP contribution in [0.3, 0.4) is 0 Å². The lowest BCUT2D eigenvalue weighted by Crippen LogP contribution is -2.61. The average Bonchev–Trinajstić information content (AvgIpc) is 3.20. The summed E-state index contributed by atoms with van der Waals surface area (Å²) in [5.41, 5.74) is 6.57. The minimum Gasteiger partial charge on any atom is -0.444 e. The van der Waals surface area contributed by atoms with Crippen LogP contribution in [0.25, 0.3) is 5.65 Å². The zero-order valence-corrected chi connectivity index (χ0v) is 23.3. The van der Waals surface area contributed by atoms with Crippen LogP contribution in [0.2, 0.25) is 0 Å². The van der Waals surface area contributed by atoms with Crippen molar-refractivity contribution in [2.75, 3.05) is 24.5 Å². The van der Waals surface area contributed by atoms with Crippen LogP contribution in [0.4, 0.5) is 25.1 Å². The molecule has 0 aliphatic carbocycles. The van der Waals surface area contributed by atoms with Gasteiger partial charge in [0.25, 0.3) is 0 Å². The largest absolute Gasteiger partial charge is 0.444 e. The predicted octanol–water partition coefficient (Wildman–Crippen LogP) is 5.21. The van der Waals surface area contributed by atoms with E-state index in [2.05, 4.69) is 15.0 Å². The Balaban J connectivity index is 0.00000195. The first-order valence-corrected chi connectivity index (χ1v) is 12.6. The van der Waals surface area contributed by atoms with E-state index in [4.69, 9.17) is 10.5 Å². The molecule has 38 heavy (non-hydrogen) atoms. The number of carbonyl (C=O) groups excluding carboxylic acids is 1. The van der Waals surface area contributed by atoms with Crippen molar-refractivity contribution in [3.8, 4) is 0 Å². The molecule has 2 N–H and O–H groups in total. The molecule has 3 aromatic heterocycles. The van der Waals surface area contributed by atoms with E-state index in [1.165, 1.54) is 22.7 Å². The Morgan fingerprint density at radius 1 is 1.13 bits per heavy atom. The maximum Gasteiger partial charge on any atom is 0.410 e. The van der Waals surface area contributed by atoms with Crippen molar-refractivity contribution in [2.24, 2.45) is 10.7 Å². The van der Waals surface area contributed by atoms with Gasteiger partial charge in [0, 0.05) is 43.7 Å². The van der Waals surface area contributed by atoms with Crippen molar-refractivity contribution >= 4 is 29.1 Å². The number of hydrogen-bond donors (Lipinski definition) is 1. The number of fused-ring (bicyclic) bond motifs is 1. The van der Waals surface area contributed by atoms with Crippen molar-refractivity contribution < 1.29 is 18.3 Å². The predicted molar refractivity (Wildman–Crippen MR) is 145 cm³/mol. The lowest BCUT2D eigenvalue weighted by molar-refractivity contribution is 0.000365. The van der Waals surface area contributed by atoms with Gasteiger partial charge in [0.1, 0.15) is 11.4 Å². The Hall–Kier alpha value is -3.76. The number of aliphatic imine (C=N–C) groups is 1. The molecule has 4 rings (SSSR count). The van der Waals surface area contributed by atoms with Gasteiger partial charge in [-0.3, -0.25) is 4.90 Å². The normalized spacial score (nSPS) is 15.8. The third-order valence-electron chi connectivity index (χ3n) is 5.84. The smallest absolute Gasteiger partial charge is 0.410 e. The third kappa shape index (κ3) is 6.38. The molecule has 1 aliphatic rings. The summed E-state index contributed by atoms with van der Waals surface area (Å²) in [7, 11) is 0. The fourth-order valence-corrected chi connectivity index (χ4v) is 4.20. The number of piperazine rings is 1. The highest BCUT2D eigenvalue weighted by molar-refractivity contribution is 5.98. The lowest BCUT2D eigenvalue weighted by atomic mass is 9.99. The van der Waals surface area contributed by atoms with Crippen LogP contribution in [0.5, 0.6) is 0 Å². The minimum absolute atomic E-state index is 0.0755. The number of halogens is 2. The molecule has 1 amide bonds. The van der Waals surface area contributed by atoms with E-state index in [-0.39, 0.29) is 29.0 Å². The molecule has 0 aromatic carbocycles. The zero-order valence-electron chi connectivity index (χ0n) is 23.3.